The number of anilines is 1. The van der Waals surface area contributed by atoms with Gasteiger partial charge in [-0.1, -0.05) is 25.5 Å². The van der Waals surface area contributed by atoms with E-state index in [0.29, 0.717) is 12.1 Å². The van der Waals surface area contributed by atoms with Crippen LogP contribution in [0, 0.1) is 0 Å². The molecule has 0 fully saturated rings. The summed E-state index contributed by atoms with van der Waals surface area (Å²) >= 11 is 0. The molecule has 0 saturated carbocycles. The number of rotatable bonds is 8. The van der Waals surface area contributed by atoms with Gasteiger partial charge in [0.2, 0.25) is 0 Å². The second-order valence-corrected chi connectivity index (χ2v) is 9.14. The van der Waals surface area contributed by atoms with Crippen molar-refractivity contribution < 1.29 is 5.11 Å². The van der Waals surface area contributed by atoms with Gasteiger partial charge in [-0.3, -0.25) is 15.1 Å². The minimum absolute atomic E-state index is 0.600. The summed E-state index contributed by atoms with van der Waals surface area (Å²) in [4.78, 5) is 16.7. The molecular weight excluding hydrogens is 462 g/mol. The summed E-state index contributed by atoms with van der Waals surface area (Å²) in [5, 5.41) is 23.0. The molecule has 5 aromatic heterocycles. The first-order valence-corrected chi connectivity index (χ1v) is 12.5. The Labute approximate surface area is 213 Å². The van der Waals surface area contributed by atoms with Crippen LogP contribution in [0.3, 0.4) is 0 Å². The molecule has 1 atom stereocenters. The van der Waals surface area contributed by atoms with Crippen molar-refractivity contribution in [1.82, 2.24) is 30.1 Å². The maximum Gasteiger partial charge on any atom is 0.181 e. The molecule has 8 heteroatoms. The van der Waals surface area contributed by atoms with E-state index in [4.69, 9.17) is 0 Å². The van der Waals surface area contributed by atoms with Gasteiger partial charge in [0.15, 0.2) is 5.65 Å². The Balaban J connectivity index is 1.37. The van der Waals surface area contributed by atoms with Crippen LogP contribution in [0.1, 0.15) is 26.2 Å². The largest absolute Gasteiger partial charge is 0.374 e. The minimum Gasteiger partial charge on any atom is -0.374 e. The van der Waals surface area contributed by atoms with Crippen molar-refractivity contribution >= 4 is 27.6 Å². The number of hydrogen-bond acceptors (Lipinski definition) is 6. The quantitative estimate of drug-likeness (QED) is 0.191. The smallest absolute Gasteiger partial charge is 0.181 e. The normalized spacial score (nSPS) is 12.3. The highest BCUT2D eigenvalue weighted by Crippen LogP contribution is 2.34. The number of nitrogens with zero attached hydrogens (tertiary/aromatic N) is 4. The van der Waals surface area contributed by atoms with Crippen molar-refractivity contribution in [3.8, 4) is 33.6 Å². The van der Waals surface area contributed by atoms with Gasteiger partial charge in [0, 0.05) is 52.2 Å². The molecule has 184 valence electrons. The third-order valence-electron chi connectivity index (χ3n) is 6.57. The zero-order chi connectivity index (χ0) is 25.2. The van der Waals surface area contributed by atoms with Crippen molar-refractivity contribution in [3.05, 3.63) is 79.5 Å². The van der Waals surface area contributed by atoms with Crippen LogP contribution in [0.2, 0.25) is 0 Å². The highest BCUT2D eigenvalue weighted by molar-refractivity contribution is 6.01. The van der Waals surface area contributed by atoms with Crippen molar-refractivity contribution in [1.29, 1.82) is 0 Å². The van der Waals surface area contributed by atoms with Crippen molar-refractivity contribution in [2.75, 3.05) is 5.32 Å². The van der Waals surface area contributed by atoms with E-state index in [-0.39, 0.29) is 0 Å². The van der Waals surface area contributed by atoms with E-state index in [1.165, 1.54) is 0 Å². The molecule has 0 aliphatic carbocycles. The first kappa shape index (κ1) is 22.9. The van der Waals surface area contributed by atoms with Crippen LogP contribution in [0.4, 0.5) is 5.69 Å². The van der Waals surface area contributed by atoms with Crippen LogP contribution < -0.4 is 5.32 Å². The number of aromatic amines is 2. The molecule has 0 spiro atoms. The fourth-order valence-corrected chi connectivity index (χ4v) is 4.67. The molecule has 0 radical (unpaired) electrons. The zero-order valence-corrected chi connectivity index (χ0v) is 20.4. The van der Waals surface area contributed by atoms with E-state index in [0.717, 1.165) is 68.5 Å². The van der Waals surface area contributed by atoms with Crippen LogP contribution in [0.25, 0.3) is 55.6 Å². The standard InChI is InChI=1S/C29H27N7O/c1-2-3-7-27(37)33-21-12-19(15-31-17-21)20-13-24-28(35-36-29(24)32-16-20)26-14-23-22(5-4-6-25(23)34-26)18-8-10-30-11-9-18/h4-6,8-17,27,33-34,37H,2-3,7H2,1H3,(H,32,35,36). The fourth-order valence-electron chi connectivity index (χ4n) is 4.67. The third-order valence-corrected chi connectivity index (χ3v) is 6.57. The summed E-state index contributed by atoms with van der Waals surface area (Å²) in [7, 11) is 0. The van der Waals surface area contributed by atoms with Gasteiger partial charge in [0.05, 0.1) is 23.3 Å². The summed E-state index contributed by atoms with van der Waals surface area (Å²) in [6.45, 7) is 2.11. The summed E-state index contributed by atoms with van der Waals surface area (Å²) in [5.41, 5.74) is 8.35. The molecule has 0 saturated heterocycles. The lowest BCUT2D eigenvalue weighted by Gasteiger charge is -2.14. The van der Waals surface area contributed by atoms with Crippen LogP contribution in [-0.4, -0.2) is 41.5 Å². The van der Waals surface area contributed by atoms with Crippen LogP contribution >= 0.6 is 0 Å². The number of aliphatic hydroxyl groups excluding tert-OH is 1. The number of benzene rings is 1. The predicted molar refractivity (Wildman–Crippen MR) is 147 cm³/mol. The molecule has 0 amide bonds. The van der Waals surface area contributed by atoms with Crippen LogP contribution in [-0.2, 0) is 0 Å². The Morgan fingerprint density at radius 3 is 2.65 bits per heavy atom. The molecule has 1 unspecified atom stereocenters. The lowest BCUT2D eigenvalue weighted by atomic mass is 10.0. The molecule has 0 bridgehead atoms. The van der Waals surface area contributed by atoms with Crippen LogP contribution in [0.5, 0.6) is 0 Å². The topological polar surface area (TPSA) is 115 Å². The van der Waals surface area contributed by atoms with E-state index in [2.05, 4.69) is 72.7 Å². The fraction of sp³-hybridized carbons (Fsp3) is 0.172. The number of nitrogens with one attached hydrogen (secondary N) is 3. The second kappa shape index (κ2) is 9.83. The minimum atomic E-state index is -0.600. The maximum atomic E-state index is 10.3. The van der Waals surface area contributed by atoms with Gasteiger partial charge in [0.25, 0.3) is 0 Å². The first-order chi connectivity index (χ1) is 18.2. The molecule has 8 nitrogen and oxygen atoms in total. The van der Waals surface area contributed by atoms with E-state index >= 15 is 0 Å². The molecule has 0 aliphatic heterocycles. The SMILES string of the molecule is CCCCC(O)Nc1cncc(-c2cnc3n[nH]c(-c4cc5c(-c6ccncc6)cccc5[nH]4)c3c2)c1. The highest BCUT2D eigenvalue weighted by Gasteiger charge is 2.15. The second-order valence-electron chi connectivity index (χ2n) is 9.14. The molecule has 6 aromatic rings. The molecule has 5 heterocycles. The number of fused-ring (bicyclic) bond motifs is 2. The maximum absolute atomic E-state index is 10.3. The summed E-state index contributed by atoms with van der Waals surface area (Å²) < 4.78 is 0. The van der Waals surface area contributed by atoms with Crippen molar-refractivity contribution in [2.45, 2.75) is 32.4 Å². The number of aliphatic hydroxyl groups is 1. The van der Waals surface area contributed by atoms with E-state index < -0.39 is 6.23 Å². The van der Waals surface area contributed by atoms with Crippen molar-refractivity contribution in [3.63, 3.8) is 0 Å². The Morgan fingerprint density at radius 2 is 1.78 bits per heavy atom. The highest BCUT2D eigenvalue weighted by atomic mass is 16.3. The van der Waals surface area contributed by atoms with E-state index in [9.17, 15) is 5.11 Å². The molecule has 6 rings (SSSR count). The first-order valence-electron chi connectivity index (χ1n) is 12.5. The molecular formula is C29H27N7O. The lowest BCUT2D eigenvalue weighted by molar-refractivity contribution is 0.190. The summed E-state index contributed by atoms with van der Waals surface area (Å²) in [6.07, 6.45) is 11.0. The Kier molecular flexibility index (Phi) is 6.08. The zero-order valence-electron chi connectivity index (χ0n) is 20.4. The van der Waals surface area contributed by atoms with Gasteiger partial charge in [-0.25, -0.2) is 4.98 Å². The number of hydrogen-bond donors (Lipinski definition) is 4. The lowest BCUT2D eigenvalue weighted by Crippen LogP contribution is -2.18. The number of H-pyrrole nitrogens is 2. The average molecular weight is 490 g/mol. The Bertz CT molecular complexity index is 1670. The van der Waals surface area contributed by atoms with Crippen molar-refractivity contribution in [2.24, 2.45) is 0 Å². The molecule has 4 N–H and O–H groups in total. The van der Waals surface area contributed by atoms with Gasteiger partial charge < -0.3 is 15.4 Å². The van der Waals surface area contributed by atoms with Gasteiger partial charge in [0.1, 0.15) is 6.23 Å². The van der Waals surface area contributed by atoms with Gasteiger partial charge in [-0.15, -0.1) is 0 Å². The van der Waals surface area contributed by atoms with E-state index in [1.807, 2.05) is 30.6 Å². The van der Waals surface area contributed by atoms with Gasteiger partial charge >= 0.3 is 0 Å². The van der Waals surface area contributed by atoms with E-state index in [1.54, 1.807) is 18.6 Å². The monoisotopic (exact) mass is 489 g/mol. The molecule has 1 aromatic carbocycles. The number of unbranched alkanes of at least 4 members (excludes halogenated alkanes) is 1. The van der Waals surface area contributed by atoms with Crippen LogP contribution in [0.15, 0.2) is 79.5 Å². The molecule has 0 aliphatic rings. The van der Waals surface area contributed by atoms with Gasteiger partial charge in [-0.05, 0) is 60.4 Å². The third kappa shape index (κ3) is 4.54. The number of aromatic nitrogens is 6. The predicted octanol–water partition coefficient (Wildman–Crippen LogP) is 6.15. The summed E-state index contributed by atoms with van der Waals surface area (Å²) in [5.74, 6) is 0. The van der Waals surface area contributed by atoms with Gasteiger partial charge in [-0.2, -0.15) is 5.10 Å². The average Bonchev–Trinajstić information content (AvgIpc) is 3.56. The summed E-state index contributed by atoms with van der Waals surface area (Å²) in [6, 6.07) is 16.5. The number of pyridine rings is 3. The molecule has 37 heavy (non-hydrogen) atoms. The Morgan fingerprint density at radius 1 is 0.919 bits per heavy atom. The Hall–Kier alpha value is -4.56.